The van der Waals surface area contributed by atoms with Crippen molar-refractivity contribution in [2.75, 3.05) is 11.9 Å². The van der Waals surface area contributed by atoms with Crippen LogP contribution in [0.2, 0.25) is 5.15 Å². The Balaban J connectivity index is 2.24. The number of halogens is 1. The van der Waals surface area contributed by atoms with Crippen LogP contribution in [0.15, 0.2) is 24.5 Å². The molecule has 0 fully saturated rings. The van der Waals surface area contributed by atoms with Crippen LogP contribution in [0.3, 0.4) is 0 Å². The predicted molar refractivity (Wildman–Crippen MR) is 88.1 cm³/mol. The van der Waals surface area contributed by atoms with Crippen molar-refractivity contribution < 1.29 is 9.53 Å². The number of carbonyl (C=O) groups is 1. The Kier molecular flexibility index (Phi) is 4.77. The van der Waals surface area contributed by atoms with E-state index in [1.54, 1.807) is 39.4 Å². The van der Waals surface area contributed by atoms with Crippen LogP contribution in [0.1, 0.15) is 13.8 Å². The van der Waals surface area contributed by atoms with Gasteiger partial charge in [-0.05, 0) is 26.0 Å². The zero-order valence-electron chi connectivity index (χ0n) is 12.3. The highest BCUT2D eigenvalue weighted by atomic mass is 35.5. The number of pyridine rings is 1. The quantitative estimate of drug-likeness (QED) is 0.858. The van der Waals surface area contributed by atoms with Gasteiger partial charge in [-0.25, -0.2) is 9.78 Å². The second-order valence-electron chi connectivity index (χ2n) is 5.03. The fourth-order valence-electron chi connectivity index (χ4n) is 1.52. The molecular weight excluding hydrogens is 324 g/mol. The lowest BCUT2D eigenvalue weighted by molar-refractivity contribution is 0.0941. The monoisotopic (exact) mass is 338 g/mol. The van der Waals surface area contributed by atoms with Crippen LogP contribution in [0.4, 0.5) is 9.80 Å². The summed E-state index contributed by atoms with van der Waals surface area (Å²) < 4.78 is 5.23. The van der Waals surface area contributed by atoms with Crippen molar-refractivity contribution in [3.63, 3.8) is 0 Å². The Hall–Kier alpha value is -1.99. The minimum absolute atomic E-state index is 0.218. The Labute approximate surface area is 137 Å². The molecule has 2 aromatic rings. The third kappa shape index (κ3) is 3.61. The number of hydrogen-bond acceptors (Lipinski definition) is 6. The topological polar surface area (TPSA) is 79.2 Å². The van der Waals surface area contributed by atoms with E-state index >= 15 is 0 Å². The van der Waals surface area contributed by atoms with E-state index < -0.39 is 11.7 Å². The molecule has 0 unspecified atom stereocenters. The SMILES string of the molecule is CN(C(=O)OC(C)(C)C=N)c1sc(-c2cccnc2)nc1Cl. The molecule has 2 heterocycles. The molecule has 1 amide bonds. The summed E-state index contributed by atoms with van der Waals surface area (Å²) in [4.78, 5) is 21.7. The molecule has 1 N–H and O–H groups in total. The van der Waals surface area contributed by atoms with Crippen molar-refractivity contribution in [2.45, 2.75) is 19.4 Å². The van der Waals surface area contributed by atoms with Crippen molar-refractivity contribution in [2.24, 2.45) is 0 Å². The number of nitrogens with one attached hydrogen (secondary N) is 1. The highest BCUT2D eigenvalue weighted by Gasteiger charge is 2.26. The van der Waals surface area contributed by atoms with Gasteiger partial charge in [0.05, 0.1) is 0 Å². The number of nitrogens with zero attached hydrogens (tertiary/aromatic N) is 3. The molecule has 0 saturated carbocycles. The molecule has 22 heavy (non-hydrogen) atoms. The van der Waals surface area contributed by atoms with Crippen LogP contribution < -0.4 is 4.90 Å². The van der Waals surface area contributed by atoms with E-state index in [-0.39, 0.29) is 5.15 Å². The van der Waals surface area contributed by atoms with Crippen LogP contribution in [0.25, 0.3) is 10.6 Å². The zero-order valence-corrected chi connectivity index (χ0v) is 13.9. The zero-order chi connectivity index (χ0) is 16.3. The van der Waals surface area contributed by atoms with Gasteiger partial charge in [0, 0.05) is 31.2 Å². The maximum absolute atomic E-state index is 12.1. The van der Waals surface area contributed by atoms with Gasteiger partial charge in [-0.3, -0.25) is 9.88 Å². The largest absolute Gasteiger partial charge is 0.437 e. The molecule has 6 nitrogen and oxygen atoms in total. The first kappa shape index (κ1) is 16.4. The smallest absolute Gasteiger partial charge is 0.415 e. The molecule has 2 rings (SSSR count). The molecule has 0 radical (unpaired) electrons. The maximum atomic E-state index is 12.1. The molecule has 2 aromatic heterocycles. The fourth-order valence-corrected chi connectivity index (χ4v) is 2.80. The Morgan fingerprint density at radius 3 is 2.86 bits per heavy atom. The molecule has 0 atom stereocenters. The summed E-state index contributed by atoms with van der Waals surface area (Å²) in [5, 5.41) is 8.60. The predicted octanol–water partition coefficient (Wildman–Crippen LogP) is 3.86. The summed E-state index contributed by atoms with van der Waals surface area (Å²) >= 11 is 7.39. The van der Waals surface area contributed by atoms with Crippen LogP contribution in [0, 0.1) is 5.41 Å². The molecule has 0 saturated heterocycles. The molecule has 0 spiro atoms. The minimum Gasteiger partial charge on any atom is -0.437 e. The highest BCUT2D eigenvalue weighted by molar-refractivity contribution is 7.19. The van der Waals surface area contributed by atoms with E-state index in [2.05, 4.69) is 9.97 Å². The number of ether oxygens (including phenoxy) is 1. The number of anilines is 1. The van der Waals surface area contributed by atoms with Crippen LogP contribution in [0.5, 0.6) is 0 Å². The van der Waals surface area contributed by atoms with Crippen molar-refractivity contribution in [3.8, 4) is 10.6 Å². The Bertz CT molecular complexity index is 687. The van der Waals surface area contributed by atoms with Gasteiger partial charge in [0.15, 0.2) is 5.15 Å². The van der Waals surface area contributed by atoms with Crippen LogP contribution in [-0.2, 0) is 4.74 Å². The van der Waals surface area contributed by atoms with Crippen LogP contribution >= 0.6 is 22.9 Å². The normalized spacial score (nSPS) is 11.1. The summed E-state index contributed by atoms with van der Waals surface area (Å²) in [7, 11) is 1.55. The second kappa shape index (κ2) is 6.41. The van der Waals surface area contributed by atoms with E-state index in [0.717, 1.165) is 11.8 Å². The van der Waals surface area contributed by atoms with Gasteiger partial charge in [-0.1, -0.05) is 22.9 Å². The first-order valence-corrected chi connectivity index (χ1v) is 7.58. The van der Waals surface area contributed by atoms with Crippen molar-refractivity contribution in [3.05, 3.63) is 29.7 Å². The molecule has 0 bridgehead atoms. The summed E-state index contributed by atoms with van der Waals surface area (Å²) in [5.41, 5.74) is -0.156. The summed E-state index contributed by atoms with van der Waals surface area (Å²) in [5.74, 6) is 0. The first-order valence-electron chi connectivity index (χ1n) is 6.39. The van der Waals surface area contributed by atoms with E-state index in [1.807, 2.05) is 6.07 Å². The summed E-state index contributed by atoms with van der Waals surface area (Å²) in [6.45, 7) is 3.25. The molecule has 8 heteroatoms. The Morgan fingerprint density at radius 2 is 2.27 bits per heavy atom. The Morgan fingerprint density at radius 1 is 1.55 bits per heavy atom. The standard InChI is InChI=1S/C14H15ClN4O2S/c1-14(2,8-16)21-13(20)19(3)12-10(15)18-11(22-12)9-5-4-6-17-7-9/h4-8,16H,1-3H3. The van der Waals surface area contributed by atoms with Gasteiger partial charge in [0.25, 0.3) is 0 Å². The average molecular weight is 339 g/mol. The van der Waals surface area contributed by atoms with Crippen molar-refractivity contribution >= 4 is 40.2 Å². The fraction of sp³-hybridized carbons (Fsp3) is 0.286. The van der Waals surface area contributed by atoms with Gasteiger partial charge in [-0.2, -0.15) is 0 Å². The molecule has 0 aliphatic carbocycles. The molecule has 116 valence electrons. The lowest BCUT2D eigenvalue weighted by Gasteiger charge is -2.23. The lowest BCUT2D eigenvalue weighted by atomic mass is 10.2. The first-order chi connectivity index (χ1) is 10.3. The highest BCUT2D eigenvalue weighted by Crippen LogP contribution is 2.37. The van der Waals surface area contributed by atoms with Crippen molar-refractivity contribution in [1.29, 1.82) is 5.41 Å². The van der Waals surface area contributed by atoms with Gasteiger partial charge >= 0.3 is 6.09 Å². The van der Waals surface area contributed by atoms with Crippen LogP contribution in [-0.4, -0.2) is 34.9 Å². The van der Waals surface area contributed by atoms with E-state index in [0.29, 0.717) is 10.0 Å². The van der Waals surface area contributed by atoms with Gasteiger partial charge in [-0.15, -0.1) is 0 Å². The molecule has 0 aliphatic rings. The van der Waals surface area contributed by atoms with Gasteiger partial charge in [0.1, 0.15) is 15.6 Å². The summed E-state index contributed by atoms with van der Waals surface area (Å²) in [6, 6.07) is 3.66. The number of hydrogen-bond donors (Lipinski definition) is 1. The number of thiazole rings is 1. The summed E-state index contributed by atoms with van der Waals surface area (Å²) in [6.07, 6.45) is 3.81. The second-order valence-corrected chi connectivity index (χ2v) is 6.37. The average Bonchev–Trinajstić information content (AvgIpc) is 2.89. The molecule has 0 aliphatic heterocycles. The lowest BCUT2D eigenvalue weighted by Crippen LogP contribution is -2.36. The van der Waals surface area contributed by atoms with Gasteiger partial charge < -0.3 is 10.1 Å². The van der Waals surface area contributed by atoms with E-state index in [1.165, 1.54) is 16.2 Å². The number of rotatable bonds is 4. The number of aromatic nitrogens is 2. The third-order valence-electron chi connectivity index (χ3n) is 2.75. The minimum atomic E-state index is -0.977. The molecule has 0 aromatic carbocycles. The number of amides is 1. The van der Waals surface area contributed by atoms with Crippen molar-refractivity contribution in [1.82, 2.24) is 9.97 Å². The van der Waals surface area contributed by atoms with E-state index in [9.17, 15) is 4.79 Å². The van der Waals surface area contributed by atoms with Gasteiger partial charge in [0.2, 0.25) is 0 Å². The van der Waals surface area contributed by atoms with E-state index in [4.69, 9.17) is 21.7 Å². The molecular formula is C14H15ClN4O2S. The third-order valence-corrected chi connectivity index (χ3v) is 4.31. The number of carbonyl (C=O) groups excluding carboxylic acids is 1. The maximum Gasteiger partial charge on any atom is 0.415 e.